The second-order valence-corrected chi connectivity index (χ2v) is 4.67. The molecule has 1 aromatic heterocycles. The van der Waals surface area contributed by atoms with Gasteiger partial charge in [0.05, 0.1) is 10.1 Å². The number of carbonyl (C=O) groups excluding carboxylic acids is 1. The average molecular weight is 251 g/mol. The Morgan fingerprint density at radius 3 is 2.94 bits per heavy atom. The Morgan fingerprint density at radius 1 is 1.47 bits per heavy atom. The number of pyridine rings is 1. The van der Waals surface area contributed by atoms with Crippen LogP contribution in [0.3, 0.4) is 0 Å². The molecule has 4 nitrogen and oxygen atoms in total. The highest BCUT2D eigenvalue weighted by Gasteiger charge is 2.12. The van der Waals surface area contributed by atoms with Gasteiger partial charge in [-0.15, -0.1) is 0 Å². The average Bonchev–Trinajstić information content (AvgIpc) is 2.82. The number of likely N-dealkylation sites (tertiary alicyclic amines) is 1. The van der Waals surface area contributed by atoms with Crippen molar-refractivity contribution >= 4 is 18.1 Å². The largest absolute Gasteiger partial charge is 0.367 e. The van der Waals surface area contributed by atoms with Crippen molar-refractivity contribution in [3.05, 3.63) is 28.5 Å². The van der Waals surface area contributed by atoms with Crippen LogP contribution in [-0.4, -0.2) is 42.0 Å². The fourth-order valence-corrected chi connectivity index (χ4v) is 2.24. The molecule has 2 rings (SSSR count). The molecule has 0 unspecified atom stereocenters. The van der Waals surface area contributed by atoms with Gasteiger partial charge in [0.15, 0.2) is 0 Å². The first-order valence-electron chi connectivity index (χ1n) is 5.95. The number of nitrogens with zero attached hydrogens (tertiary/aromatic N) is 1. The van der Waals surface area contributed by atoms with E-state index in [9.17, 15) is 4.79 Å². The Hall–Kier alpha value is -1.20. The number of rotatable bonds is 4. The maximum absolute atomic E-state index is 11.8. The topological polar surface area (TPSA) is 48.1 Å². The minimum Gasteiger partial charge on any atom is -0.367 e. The molecular formula is C12H17N3OS. The first-order chi connectivity index (χ1) is 8.27. The molecule has 1 fully saturated rings. The molecule has 0 radical (unpaired) electrons. The molecule has 0 aliphatic carbocycles. The van der Waals surface area contributed by atoms with Gasteiger partial charge in [0.25, 0.3) is 5.91 Å². The summed E-state index contributed by atoms with van der Waals surface area (Å²) < 4.78 is 0.586. The number of hydrogen-bond donors (Lipinski definition) is 2. The summed E-state index contributed by atoms with van der Waals surface area (Å²) in [5.41, 5.74) is 0.545. The van der Waals surface area contributed by atoms with Crippen LogP contribution in [0, 0.1) is 4.51 Å². The van der Waals surface area contributed by atoms with E-state index in [2.05, 4.69) is 15.2 Å². The van der Waals surface area contributed by atoms with Crippen LogP contribution in [0.25, 0.3) is 0 Å². The monoisotopic (exact) mass is 251 g/mol. The molecule has 0 bridgehead atoms. The minimum atomic E-state index is -0.0916. The lowest BCUT2D eigenvalue weighted by atomic mass is 10.2. The standard InChI is InChI=1S/C12H17N3OS/c16-12(10-9-13-4-3-11(10)17)14-5-8-15-6-1-2-7-15/h3-4,9H,1-2,5-8H2,(H,13,17)(H,14,16). The SMILES string of the molecule is O=C(NCCN1CCCC1)c1c[nH]ccc1=S. The molecule has 1 amide bonds. The van der Waals surface area contributed by atoms with Gasteiger partial charge in [0.1, 0.15) is 0 Å². The zero-order chi connectivity index (χ0) is 12.1. The number of aromatic nitrogens is 1. The molecule has 92 valence electrons. The Bertz CT molecular complexity index is 437. The first-order valence-corrected chi connectivity index (χ1v) is 6.36. The van der Waals surface area contributed by atoms with Crippen LogP contribution in [0.1, 0.15) is 23.2 Å². The first kappa shape index (κ1) is 12.3. The third-order valence-corrected chi connectivity index (χ3v) is 3.34. The minimum absolute atomic E-state index is 0.0916. The summed E-state index contributed by atoms with van der Waals surface area (Å²) in [6.45, 7) is 3.92. The molecule has 0 spiro atoms. The van der Waals surface area contributed by atoms with E-state index in [1.165, 1.54) is 12.8 Å². The van der Waals surface area contributed by atoms with Crippen LogP contribution in [0.2, 0.25) is 0 Å². The van der Waals surface area contributed by atoms with Gasteiger partial charge in [-0.2, -0.15) is 0 Å². The number of hydrogen-bond acceptors (Lipinski definition) is 3. The van der Waals surface area contributed by atoms with Crippen molar-refractivity contribution in [1.29, 1.82) is 0 Å². The normalized spacial score (nSPS) is 16.0. The number of H-pyrrole nitrogens is 1. The molecule has 1 aliphatic heterocycles. The molecule has 1 saturated heterocycles. The predicted molar refractivity (Wildman–Crippen MR) is 69.6 cm³/mol. The molecule has 2 N–H and O–H groups in total. The Labute approximate surface area is 106 Å². The molecule has 1 aliphatic rings. The van der Waals surface area contributed by atoms with E-state index in [-0.39, 0.29) is 5.91 Å². The number of carbonyl (C=O) groups is 1. The van der Waals surface area contributed by atoms with Crippen LogP contribution in [0.15, 0.2) is 18.5 Å². The summed E-state index contributed by atoms with van der Waals surface area (Å²) in [6, 6.07) is 1.73. The highest BCUT2D eigenvalue weighted by molar-refractivity contribution is 7.71. The van der Waals surface area contributed by atoms with Gasteiger partial charge in [0, 0.05) is 25.5 Å². The van der Waals surface area contributed by atoms with Gasteiger partial charge in [-0.3, -0.25) is 4.79 Å². The van der Waals surface area contributed by atoms with Crippen molar-refractivity contribution in [3.63, 3.8) is 0 Å². The maximum atomic E-state index is 11.8. The molecule has 2 heterocycles. The highest BCUT2D eigenvalue weighted by Crippen LogP contribution is 2.05. The van der Waals surface area contributed by atoms with Gasteiger partial charge in [-0.25, -0.2) is 0 Å². The quantitative estimate of drug-likeness (QED) is 0.799. The van der Waals surface area contributed by atoms with E-state index in [0.717, 1.165) is 19.6 Å². The summed E-state index contributed by atoms with van der Waals surface area (Å²) in [5.74, 6) is -0.0916. The van der Waals surface area contributed by atoms with Crippen molar-refractivity contribution in [2.75, 3.05) is 26.2 Å². The second-order valence-electron chi connectivity index (χ2n) is 4.23. The molecule has 17 heavy (non-hydrogen) atoms. The fraction of sp³-hybridized carbons (Fsp3) is 0.500. The summed E-state index contributed by atoms with van der Waals surface area (Å²) in [6.07, 6.45) is 5.92. The van der Waals surface area contributed by atoms with Crippen molar-refractivity contribution in [3.8, 4) is 0 Å². The van der Waals surface area contributed by atoms with E-state index in [1.54, 1.807) is 18.5 Å². The smallest absolute Gasteiger partial charge is 0.254 e. The van der Waals surface area contributed by atoms with Gasteiger partial charge in [-0.05, 0) is 32.0 Å². The number of aromatic amines is 1. The second kappa shape index (κ2) is 5.93. The molecule has 0 aromatic carbocycles. The summed E-state index contributed by atoms with van der Waals surface area (Å²) >= 11 is 5.09. The van der Waals surface area contributed by atoms with Crippen LogP contribution in [0.5, 0.6) is 0 Å². The van der Waals surface area contributed by atoms with E-state index in [0.29, 0.717) is 16.6 Å². The van der Waals surface area contributed by atoms with Gasteiger partial charge >= 0.3 is 0 Å². The van der Waals surface area contributed by atoms with E-state index < -0.39 is 0 Å². The third-order valence-electron chi connectivity index (χ3n) is 2.98. The highest BCUT2D eigenvalue weighted by atomic mass is 32.1. The molecule has 5 heteroatoms. The van der Waals surface area contributed by atoms with E-state index in [4.69, 9.17) is 12.2 Å². The summed E-state index contributed by atoms with van der Waals surface area (Å²) in [5, 5.41) is 2.90. The van der Waals surface area contributed by atoms with Crippen LogP contribution in [0.4, 0.5) is 0 Å². The summed E-state index contributed by atoms with van der Waals surface area (Å²) in [4.78, 5) is 17.1. The Kier molecular flexibility index (Phi) is 4.28. The predicted octanol–water partition coefficient (Wildman–Crippen LogP) is 1.57. The zero-order valence-electron chi connectivity index (χ0n) is 9.74. The van der Waals surface area contributed by atoms with Crippen molar-refractivity contribution in [2.45, 2.75) is 12.8 Å². The summed E-state index contributed by atoms with van der Waals surface area (Å²) in [7, 11) is 0. The van der Waals surface area contributed by atoms with Gasteiger partial charge in [0.2, 0.25) is 0 Å². The third kappa shape index (κ3) is 3.38. The Morgan fingerprint density at radius 2 is 2.24 bits per heavy atom. The lowest BCUT2D eigenvalue weighted by molar-refractivity contribution is 0.0949. The number of nitrogens with one attached hydrogen (secondary N) is 2. The van der Waals surface area contributed by atoms with Crippen LogP contribution < -0.4 is 5.32 Å². The maximum Gasteiger partial charge on any atom is 0.254 e. The number of amides is 1. The molecular weight excluding hydrogens is 234 g/mol. The molecule has 0 saturated carbocycles. The van der Waals surface area contributed by atoms with Crippen molar-refractivity contribution in [2.24, 2.45) is 0 Å². The van der Waals surface area contributed by atoms with Crippen molar-refractivity contribution < 1.29 is 4.79 Å². The van der Waals surface area contributed by atoms with Gasteiger partial charge < -0.3 is 15.2 Å². The van der Waals surface area contributed by atoms with E-state index in [1.807, 2.05) is 0 Å². The fourth-order valence-electron chi connectivity index (χ4n) is 2.02. The van der Waals surface area contributed by atoms with E-state index >= 15 is 0 Å². The van der Waals surface area contributed by atoms with Gasteiger partial charge in [-0.1, -0.05) is 12.2 Å². The lowest BCUT2D eigenvalue weighted by Crippen LogP contribution is -2.33. The Balaban J connectivity index is 1.81. The molecule has 1 aromatic rings. The van der Waals surface area contributed by atoms with Crippen molar-refractivity contribution in [1.82, 2.24) is 15.2 Å². The van der Waals surface area contributed by atoms with Crippen LogP contribution in [-0.2, 0) is 0 Å². The lowest BCUT2D eigenvalue weighted by Gasteiger charge is -2.14. The molecule has 0 atom stereocenters. The zero-order valence-corrected chi connectivity index (χ0v) is 10.6. The van der Waals surface area contributed by atoms with Crippen LogP contribution >= 0.6 is 12.2 Å².